The van der Waals surface area contributed by atoms with E-state index >= 15 is 0 Å². The van der Waals surface area contributed by atoms with Gasteiger partial charge in [-0.25, -0.2) is 0 Å². The number of methoxy groups -OCH3 is 1. The molecule has 2 amide bonds. The van der Waals surface area contributed by atoms with Gasteiger partial charge in [-0.2, -0.15) is 0 Å². The maximum Gasteiger partial charge on any atom is 0.239 e. The lowest BCUT2D eigenvalue weighted by Gasteiger charge is -2.30. The largest absolute Gasteiger partial charge is 0.383 e. The summed E-state index contributed by atoms with van der Waals surface area (Å²) in [7, 11) is 1.57. The molecule has 0 rings (SSSR count). The van der Waals surface area contributed by atoms with E-state index in [1.54, 1.807) is 7.11 Å². The molecule has 0 aromatic carbocycles. The standard InChI is InChI=1S/C15H31N3O3/c1-15(2,3)12(7-8-16)5-6-13(19)18-11-14(20)17-9-10-21-4/h12H,5-11,16H2,1-4H3,(H,17,20)(H,18,19). The number of hydrogen-bond donors (Lipinski definition) is 3. The fraction of sp³-hybridized carbons (Fsp3) is 0.867. The molecule has 1 atom stereocenters. The molecule has 4 N–H and O–H groups in total. The Morgan fingerprint density at radius 2 is 1.81 bits per heavy atom. The quantitative estimate of drug-likeness (QED) is 0.517. The lowest BCUT2D eigenvalue weighted by Crippen LogP contribution is -2.38. The fourth-order valence-corrected chi connectivity index (χ4v) is 2.14. The smallest absolute Gasteiger partial charge is 0.239 e. The van der Waals surface area contributed by atoms with E-state index in [1.807, 2.05) is 0 Å². The Bertz CT molecular complexity index is 314. The van der Waals surface area contributed by atoms with Gasteiger partial charge in [-0.15, -0.1) is 0 Å². The highest BCUT2D eigenvalue weighted by Gasteiger charge is 2.24. The molecular formula is C15H31N3O3. The molecule has 0 saturated heterocycles. The molecular weight excluding hydrogens is 270 g/mol. The maximum absolute atomic E-state index is 11.8. The zero-order chi connectivity index (χ0) is 16.3. The highest BCUT2D eigenvalue weighted by atomic mass is 16.5. The molecule has 0 aromatic rings. The van der Waals surface area contributed by atoms with E-state index in [2.05, 4.69) is 31.4 Å². The van der Waals surface area contributed by atoms with Gasteiger partial charge in [0.05, 0.1) is 13.2 Å². The van der Waals surface area contributed by atoms with Gasteiger partial charge in [0.1, 0.15) is 0 Å². The highest BCUT2D eigenvalue weighted by molar-refractivity contribution is 5.84. The molecule has 0 aromatic heterocycles. The number of carbonyl (C=O) groups is 2. The summed E-state index contributed by atoms with van der Waals surface area (Å²) in [6, 6.07) is 0. The van der Waals surface area contributed by atoms with Crippen LogP contribution in [-0.4, -0.2) is 45.2 Å². The van der Waals surface area contributed by atoms with E-state index in [0.29, 0.717) is 32.0 Å². The average molecular weight is 301 g/mol. The fourth-order valence-electron chi connectivity index (χ4n) is 2.14. The normalized spacial score (nSPS) is 12.8. The van der Waals surface area contributed by atoms with Gasteiger partial charge < -0.3 is 21.1 Å². The van der Waals surface area contributed by atoms with Crippen LogP contribution < -0.4 is 16.4 Å². The minimum Gasteiger partial charge on any atom is -0.383 e. The van der Waals surface area contributed by atoms with Crippen LogP contribution in [0.5, 0.6) is 0 Å². The summed E-state index contributed by atoms with van der Waals surface area (Å²) >= 11 is 0. The van der Waals surface area contributed by atoms with Crippen molar-refractivity contribution in [2.75, 3.05) is 33.4 Å². The molecule has 1 unspecified atom stereocenters. The first-order valence-corrected chi connectivity index (χ1v) is 7.53. The van der Waals surface area contributed by atoms with Crippen LogP contribution in [0, 0.1) is 11.3 Å². The van der Waals surface area contributed by atoms with Crippen molar-refractivity contribution in [3.8, 4) is 0 Å². The van der Waals surface area contributed by atoms with Crippen LogP contribution in [0.4, 0.5) is 0 Å². The Labute approximate surface area is 128 Å². The third-order valence-electron chi connectivity index (χ3n) is 3.53. The molecule has 0 spiro atoms. The van der Waals surface area contributed by atoms with Gasteiger partial charge in [0.15, 0.2) is 0 Å². The average Bonchev–Trinajstić information content (AvgIpc) is 2.40. The Hall–Kier alpha value is -1.14. The number of hydrogen-bond acceptors (Lipinski definition) is 4. The van der Waals surface area contributed by atoms with E-state index in [1.165, 1.54) is 0 Å². The van der Waals surface area contributed by atoms with E-state index in [4.69, 9.17) is 10.5 Å². The van der Waals surface area contributed by atoms with Gasteiger partial charge >= 0.3 is 0 Å². The van der Waals surface area contributed by atoms with Crippen molar-refractivity contribution < 1.29 is 14.3 Å². The van der Waals surface area contributed by atoms with Crippen molar-refractivity contribution in [2.24, 2.45) is 17.1 Å². The van der Waals surface area contributed by atoms with Crippen LogP contribution in [0.25, 0.3) is 0 Å². The van der Waals surface area contributed by atoms with Gasteiger partial charge in [-0.05, 0) is 30.7 Å². The van der Waals surface area contributed by atoms with Crippen molar-refractivity contribution >= 4 is 11.8 Å². The second-order valence-corrected chi connectivity index (χ2v) is 6.30. The molecule has 0 saturated carbocycles. The molecule has 0 aliphatic rings. The SMILES string of the molecule is COCCNC(=O)CNC(=O)CCC(CCN)C(C)(C)C. The molecule has 0 aliphatic heterocycles. The summed E-state index contributed by atoms with van der Waals surface area (Å²) in [5.41, 5.74) is 5.76. The number of nitrogens with two attached hydrogens (primary N) is 1. The van der Waals surface area contributed by atoms with E-state index in [-0.39, 0.29) is 23.8 Å². The molecule has 124 valence electrons. The predicted molar refractivity (Wildman–Crippen MR) is 83.7 cm³/mol. The van der Waals surface area contributed by atoms with Crippen LogP contribution in [0.2, 0.25) is 0 Å². The zero-order valence-electron chi connectivity index (χ0n) is 13.8. The topological polar surface area (TPSA) is 93.5 Å². The summed E-state index contributed by atoms with van der Waals surface area (Å²) in [5, 5.41) is 5.29. The molecule has 6 nitrogen and oxygen atoms in total. The summed E-state index contributed by atoms with van der Waals surface area (Å²) in [6.45, 7) is 8.04. The van der Waals surface area contributed by atoms with E-state index < -0.39 is 0 Å². The van der Waals surface area contributed by atoms with Crippen LogP contribution in [0.1, 0.15) is 40.0 Å². The monoisotopic (exact) mass is 301 g/mol. The molecule has 0 radical (unpaired) electrons. The first-order valence-electron chi connectivity index (χ1n) is 7.53. The van der Waals surface area contributed by atoms with Crippen LogP contribution in [0.3, 0.4) is 0 Å². The first kappa shape index (κ1) is 19.9. The van der Waals surface area contributed by atoms with Crippen LogP contribution in [-0.2, 0) is 14.3 Å². The third-order valence-corrected chi connectivity index (χ3v) is 3.53. The van der Waals surface area contributed by atoms with Gasteiger partial charge in [0.2, 0.25) is 11.8 Å². The zero-order valence-corrected chi connectivity index (χ0v) is 13.8. The first-order chi connectivity index (χ1) is 9.81. The summed E-state index contributed by atoms with van der Waals surface area (Å²) in [5.74, 6) is 0.113. The Kier molecular flexibility index (Phi) is 9.99. The van der Waals surface area contributed by atoms with Crippen molar-refractivity contribution in [3.05, 3.63) is 0 Å². The minimum absolute atomic E-state index is 0.0135. The van der Waals surface area contributed by atoms with Gasteiger partial charge in [-0.3, -0.25) is 9.59 Å². The number of rotatable bonds is 10. The second kappa shape index (κ2) is 10.6. The predicted octanol–water partition coefficient (Wildman–Crippen LogP) is 0.657. The van der Waals surface area contributed by atoms with Gasteiger partial charge in [0, 0.05) is 20.1 Å². The van der Waals surface area contributed by atoms with E-state index in [0.717, 1.165) is 12.8 Å². The second-order valence-electron chi connectivity index (χ2n) is 6.30. The Morgan fingerprint density at radius 1 is 1.14 bits per heavy atom. The lowest BCUT2D eigenvalue weighted by atomic mass is 9.76. The maximum atomic E-state index is 11.8. The van der Waals surface area contributed by atoms with Crippen molar-refractivity contribution in [3.63, 3.8) is 0 Å². The highest BCUT2D eigenvalue weighted by Crippen LogP contribution is 2.31. The minimum atomic E-state index is -0.199. The summed E-state index contributed by atoms with van der Waals surface area (Å²) < 4.78 is 4.83. The van der Waals surface area contributed by atoms with Crippen molar-refractivity contribution in [1.82, 2.24) is 10.6 Å². The van der Waals surface area contributed by atoms with Crippen molar-refractivity contribution in [2.45, 2.75) is 40.0 Å². The third kappa shape index (κ3) is 10.3. The van der Waals surface area contributed by atoms with Gasteiger partial charge in [-0.1, -0.05) is 20.8 Å². The van der Waals surface area contributed by atoms with Crippen LogP contribution >= 0.6 is 0 Å². The lowest BCUT2D eigenvalue weighted by molar-refractivity contribution is -0.126. The molecule has 0 aliphatic carbocycles. The molecule has 0 fully saturated rings. The number of amides is 2. The summed E-state index contributed by atoms with van der Waals surface area (Å²) in [6.07, 6.45) is 2.12. The van der Waals surface area contributed by atoms with E-state index in [9.17, 15) is 9.59 Å². The van der Waals surface area contributed by atoms with Gasteiger partial charge in [0.25, 0.3) is 0 Å². The molecule has 0 heterocycles. The molecule has 6 heteroatoms. The van der Waals surface area contributed by atoms with Crippen molar-refractivity contribution in [1.29, 1.82) is 0 Å². The number of ether oxygens (including phenoxy) is 1. The number of nitrogens with one attached hydrogen (secondary N) is 2. The number of carbonyl (C=O) groups excluding carboxylic acids is 2. The Balaban J connectivity index is 3.95. The molecule has 0 bridgehead atoms. The molecule has 21 heavy (non-hydrogen) atoms. The summed E-state index contributed by atoms with van der Waals surface area (Å²) in [4.78, 5) is 23.2. The van der Waals surface area contributed by atoms with Crippen LogP contribution in [0.15, 0.2) is 0 Å². The Morgan fingerprint density at radius 3 is 2.33 bits per heavy atom.